The Morgan fingerprint density at radius 2 is 1.89 bits per heavy atom. The molecule has 1 rings (SSSR count). The van der Waals surface area contributed by atoms with Gasteiger partial charge in [0.1, 0.15) is 0 Å². The lowest BCUT2D eigenvalue weighted by atomic mass is 10.00. The van der Waals surface area contributed by atoms with Crippen LogP contribution in [-0.4, -0.2) is 62.3 Å². The highest BCUT2D eigenvalue weighted by Crippen LogP contribution is 2.20. The standard InChI is InChI=1S/C13H28N4O/c1-10-7-17(8-11(2)18-10)13(3,4)9-16-12(14-5)15-6/h10-11H,7-9H2,1-6H3,(H2,14,15,16). The van der Waals surface area contributed by atoms with E-state index in [9.17, 15) is 0 Å². The van der Waals surface area contributed by atoms with Crippen molar-refractivity contribution in [2.75, 3.05) is 33.7 Å². The highest BCUT2D eigenvalue weighted by atomic mass is 16.5. The van der Waals surface area contributed by atoms with Gasteiger partial charge in [0.15, 0.2) is 5.96 Å². The van der Waals surface area contributed by atoms with E-state index in [2.05, 4.69) is 48.2 Å². The van der Waals surface area contributed by atoms with Crippen molar-refractivity contribution in [3.63, 3.8) is 0 Å². The Balaban J connectivity index is 2.56. The number of hydrogen-bond donors (Lipinski definition) is 2. The number of ether oxygens (including phenoxy) is 1. The molecule has 0 spiro atoms. The summed E-state index contributed by atoms with van der Waals surface area (Å²) < 4.78 is 5.78. The lowest BCUT2D eigenvalue weighted by Gasteiger charge is -2.45. The third-order valence-corrected chi connectivity index (χ3v) is 3.42. The van der Waals surface area contributed by atoms with Gasteiger partial charge in [0, 0.05) is 39.3 Å². The van der Waals surface area contributed by atoms with E-state index < -0.39 is 0 Å². The molecule has 1 aliphatic rings. The molecule has 0 aromatic rings. The van der Waals surface area contributed by atoms with Crippen LogP contribution in [0.3, 0.4) is 0 Å². The normalized spacial score (nSPS) is 27.1. The third kappa shape index (κ3) is 4.14. The molecule has 1 saturated heterocycles. The van der Waals surface area contributed by atoms with Crippen LogP contribution >= 0.6 is 0 Å². The number of hydrogen-bond acceptors (Lipinski definition) is 3. The van der Waals surface area contributed by atoms with Crippen molar-refractivity contribution in [1.29, 1.82) is 0 Å². The van der Waals surface area contributed by atoms with E-state index in [0.717, 1.165) is 25.6 Å². The van der Waals surface area contributed by atoms with Crippen molar-refractivity contribution in [2.45, 2.75) is 45.4 Å². The molecular formula is C13H28N4O. The molecule has 18 heavy (non-hydrogen) atoms. The first-order valence-electron chi connectivity index (χ1n) is 6.68. The van der Waals surface area contributed by atoms with Crippen molar-refractivity contribution in [2.24, 2.45) is 4.99 Å². The Labute approximate surface area is 111 Å². The quantitative estimate of drug-likeness (QED) is 0.575. The maximum Gasteiger partial charge on any atom is 0.190 e. The summed E-state index contributed by atoms with van der Waals surface area (Å²) in [6, 6.07) is 0. The van der Waals surface area contributed by atoms with E-state index in [1.165, 1.54) is 0 Å². The fraction of sp³-hybridized carbons (Fsp3) is 0.923. The molecule has 0 saturated carbocycles. The van der Waals surface area contributed by atoms with Crippen LogP contribution in [0.1, 0.15) is 27.7 Å². The summed E-state index contributed by atoms with van der Waals surface area (Å²) in [7, 11) is 3.66. The van der Waals surface area contributed by atoms with Crippen LogP contribution in [0.15, 0.2) is 4.99 Å². The number of guanidine groups is 1. The molecule has 0 aliphatic carbocycles. The molecule has 1 heterocycles. The molecule has 0 bridgehead atoms. The molecule has 106 valence electrons. The molecule has 5 heteroatoms. The van der Waals surface area contributed by atoms with E-state index in [1.807, 2.05) is 7.05 Å². The highest BCUT2D eigenvalue weighted by molar-refractivity contribution is 5.79. The van der Waals surface area contributed by atoms with Gasteiger partial charge in [-0.3, -0.25) is 9.89 Å². The van der Waals surface area contributed by atoms with Crippen LogP contribution in [0.2, 0.25) is 0 Å². The Morgan fingerprint density at radius 1 is 1.33 bits per heavy atom. The SMILES string of the molecule is CN=C(NC)NCC(C)(C)N1CC(C)OC(C)C1. The molecule has 1 aliphatic heterocycles. The van der Waals surface area contributed by atoms with Gasteiger partial charge in [0.2, 0.25) is 0 Å². The second kappa shape index (κ2) is 6.38. The fourth-order valence-electron chi connectivity index (χ4n) is 2.36. The Morgan fingerprint density at radius 3 is 2.33 bits per heavy atom. The number of morpholine rings is 1. The predicted octanol–water partition coefficient (Wildman–Crippen LogP) is 0.669. The van der Waals surface area contributed by atoms with Crippen molar-refractivity contribution >= 4 is 5.96 Å². The van der Waals surface area contributed by atoms with Gasteiger partial charge >= 0.3 is 0 Å². The zero-order valence-corrected chi connectivity index (χ0v) is 12.6. The second-order valence-electron chi connectivity index (χ2n) is 5.65. The smallest absolute Gasteiger partial charge is 0.190 e. The van der Waals surface area contributed by atoms with E-state index in [1.54, 1.807) is 7.05 Å². The third-order valence-electron chi connectivity index (χ3n) is 3.42. The zero-order valence-electron chi connectivity index (χ0n) is 12.6. The molecule has 5 nitrogen and oxygen atoms in total. The van der Waals surface area contributed by atoms with Gasteiger partial charge in [-0.1, -0.05) is 0 Å². The number of aliphatic imine (C=N–C) groups is 1. The van der Waals surface area contributed by atoms with E-state index in [4.69, 9.17) is 4.74 Å². The minimum atomic E-state index is 0.0824. The van der Waals surface area contributed by atoms with Gasteiger partial charge in [0.05, 0.1) is 12.2 Å². The van der Waals surface area contributed by atoms with E-state index >= 15 is 0 Å². The molecule has 0 radical (unpaired) electrons. The summed E-state index contributed by atoms with van der Waals surface area (Å²) in [4.78, 5) is 6.62. The van der Waals surface area contributed by atoms with Crippen molar-refractivity contribution < 1.29 is 4.74 Å². The Kier molecular flexibility index (Phi) is 5.41. The van der Waals surface area contributed by atoms with Gasteiger partial charge in [-0.15, -0.1) is 0 Å². The first-order chi connectivity index (χ1) is 8.39. The number of nitrogens with one attached hydrogen (secondary N) is 2. The molecule has 2 atom stereocenters. The summed E-state index contributed by atoms with van der Waals surface area (Å²) in [5, 5.41) is 6.38. The summed E-state index contributed by atoms with van der Waals surface area (Å²) in [6.45, 7) is 11.6. The van der Waals surface area contributed by atoms with Gasteiger partial charge < -0.3 is 15.4 Å². The Hall–Kier alpha value is -0.810. The number of nitrogens with zero attached hydrogens (tertiary/aromatic N) is 2. The van der Waals surface area contributed by atoms with Crippen LogP contribution in [0, 0.1) is 0 Å². The molecule has 0 amide bonds. The maximum atomic E-state index is 5.78. The van der Waals surface area contributed by atoms with Crippen LogP contribution in [0.4, 0.5) is 0 Å². The second-order valence-corrected chi connectivity index (χ2v) is 5.65. The average molecular weight is 256 g/mol. The minimum absolute atomic E-state index is 0.0824. The molecular weight excluding hydrogens is 228 g/mol. The van der Waals surface area contributed by atoms with E-state index in [-0.39, 0.29) is 5.54 Å². The minimum Gasteiger partial charge on any atom is -0.373 e. The van der Waals surface area contributed by atoms with Crippen LogP contribution < -0.4 is 10.6 Å². The summed E-state index contributed by atoms with van der Waals surface area (Å²) in [5.41, 5.74) is 0.0824. The summed E-state index contributed by atoms with van der Waals surface area (Å²) in [6.07, 6.45) is 0.605. The van der Waals surface area contributed by atoms with Crippen molar-refractivity contribution in [1.82, 2.24) is 15.5 Å². The molecule has 0 aromatic carbocycles. The van der Waals surface area contributed by atoms with Gasteiger partial charge in [0.25, 0.3) is 0 Å². The average Bonchev–Trinajstić information content (AvgIpc) is 2.29. The predicted molar refractivity (Wildman–Crippen MR) is 76.1 cm³/mol. The fourth-order valence-corrected chi connectivity index (χ4v) is 2.36. The molecule has 1 fully saturated rings. The lowest BCUT2D eigenvalue weighted by molar-refractivity contribution is -0.0946. The van der Waals surface area contributed by atoms with E-state index in [0.29, 0.717) is 12.2 Å². The monoisotopic (exact) mass is 256 g/mol. The largest absolute Gasteiger partial charge is 0.373 e. The van der Waals surface area contributed by atoms with Gasteiger partial charge in [-0.25, -0.2) is 0 Å². The zero-order chi connectivity index (χ0) is 13.8. The molecule has 2 unspecified atom stereocenters. The van der Waals surface area contributed by atoms with Crippen molar-refractivity contribution in [3.05, 3.63) is 0 Å². The van der Waals surface area contributed by atoms with Gasteiger partial charge in [-0.2, -0.15) is 0 Å². The lowest BCUT2D eigenvalue weighted by Crippen LogP contribution is -2.59. The van der Waals surface area contributed by atoms with Crippen LogP contribution in [0.25, 0.3) is 0 Å². The summed E-state index contributed by atoms with van der Waals surface area (Å²) in [5.74, 6) is 0.831. The van der Waals surface area contributed by atoms with Gasteiger partial charge in [-0.05, 0) is 27.7 Å². The molecule has 0 aromatic heterocycles. The first kappa shape index (κ1) is 15.2. The topological polar surface area (TPSA) is 48.9 Å². The van der Waals surface area contributed by atoms with Crippen LogP contribution in [-0.2, 0) is 4.74 Å². The number of rotatable bonds is 3. The Bertz CT molecular complexity index is 281. The van der Waals surface area contributed by atoms with Crippen molar-refractivity contribution in [3.8, 4) is 0 Å². The maximum absolute atomic E-state index is 5.78. The molecule has 2 N–H and O–H groups in total. The van der Waals surface area contributed by atoms with Crippen LogP contribution in [0.5, 0.6) is 0 Å². The highest BCUT2D eigenvalue weighted by Gasteiger charge is 2.33. The summed E-state index contributed by atoms with van der Waals surface area (Å²) >= 11 is 0. The first-order valence-corrected chi connectivity index (χ1v) is 6.68.